The van der Waals surface area contributed by atoms with Gasteiger partial charge in [-0.05, 0) is 27.2 Å². The Morgan fingerprint density at radius 1 is 1.26 bits per heavy atom. The summed E-state index contributed by atoms with van der Waals surface area (Å²) in [7, 11) is -1.57. The van der Waals surface area contributed by atoms with Crippen LogP contribution in [0.25, 0.3) is 11.2 Å². The van der Waals surface area contributed by atoms with Crippen LogP contribution in [0.15, 0.2) is 6.33 Å². The smallest absolute Gasteiger partial charge is 0.472 e. The van der Waals surface area contributed by atoms with Gasteiger partial charge in [-0.15, -0.1) is 0 Å². The second kappa shape index (κ2) is 10.8. The Labute approximate surface area is 179 Å². The number of anilines is 1. The van der Waals surface area contributed by atoms with Crippen molar-refractivity contribution in [3.8, 4) is 5.88 Å². The first kappa shape index (κ1) is 25.0. The van der Waals surface area contributed by atoms with Gasteiger partial charge in [0, 0.05) is 13.2 Å². The van der Waals surface area contributed by atoms with Crippen LogP contribution in [0.2, 0.25) is 0 Å². The summed E-state index contributed by atoms with van der Waals surface area (Å²) >= 11 is 0. The molecule has 0 aromatic carbocycles. The molecule has 2 aromatic rings. The molecule has 31 heavy (non-hydrogen) atoms. The maximum absolute atomic E-state index is 12.0. The van der Waals surface area contributed by atoms with Gasteiger partial charge in [-0.1, -0.05) is 0 Å². The molecule has 174 valence electrons. The van der Waals surface area contributed by atoms with Gasteiger partial charge in [0.1, 0.15) is 0 Å². The fraction of sp³-hybridized carbons (Fsp3) is 0.647. The minimum Gasteiger partial charge on any atom is -0.479 e. The highest BCUT2D eigenvalue weighted by Crippen LogP contribution is 2.43. The Morgan fingerprint density at radius 2 is 1.97 bits per heavy atom. The van der Waals surface area contributed by atoms with Gasteiger partial charge >= 0.3 is 13.8 Å². The van der Waals surface area contributed by atoms with Crippen LogP contribution >= 0.6 is 7.82 Å². The standard InChI is InChI=1S/C17H28N5O8P/c1-10(2)30-13(23)8-29-31(24,25)28-7-12(26-4)6-11(3)22-9-19-14-15(22)20-17(18)21-16(14)27-5/h9-12H,6-8H2,1-5H3,(H,24,25)(H2,18,20,21). The van der Waals surface area contributed by atoms with Gasteiger partial charge in [0.15, 0.2) is 17.8 Å². The lowest BCUT2D eigenvalue weighted by Gasteiger charge is -2.22. The molecule has 0 spiro atoms. The molecule has 3 unspecified atom stereocenters. The van der Waals surface area contributed by atoms with Gasteiger partial charge in [-0.3, -0.25) is 9.05 Å². The Bertz CT molecular complexity index is 937. The van der Waals surface area contributed by atoms with Gasteiger partial charge in [-0.25, -0.2) is 14.3 Å². The fourth-order valence-electron chi connectivity index (χ4n) is 2.74. The fourth-order valence-corrected chi connectivity index (χ4v) is 3.44. The molecule has 13 nitrogen and oxygen atoms in total. The molecule has 0 aliphatic carbocycles. The third-order valence-corrected chi connectivity index (χ3v) is 5.08. The predicted octanol–water partition coefficient (Wildman–Crippen LogP) is 1.47. The quantitative estimate of drug-likeness (QED) is 0.345. The number of methoxy groups -OCH3 is 2. The number of aromatic nitrogens is 4. The number of nitrogen functional groups attached to an aromatic ring is 1. The number of carbonyl (C=O) groups excluding carboxylic acids is 1. The zero-order chi connectivity index (χ0) is 23.2. The second-order valence-corrected chi connectivity index (χ2v) is 8.39. The number of rotatable bonds is 12. The van der Waals surface area contributed by atoms with Gasteiger partial charge in [0.2, 0.25) is 11.8 Å². The molecule has 2 aromatic heterocycles. The first-order valence-electron chi connectivity index (χ1n) is 9.44. The van der Waals surface area contributed by atoms with Crippen molar-refractivity contribution in [2.75, 3.05) is 33.2 Å². The number of fused-ring (bicyclic) bond motifs is 1. The van der Waals surface area contributed by atoms with Gasteiger partial charge in [0.25, 0.3) is 0 Å². The molecule has 14 heteroatoms. The maximum Gasteiger partial charge on any atom is 0.472 e. The van der Waals surface area contributed by atoms with Crippen molar-refractivity contribution in [1.29, 1.82) is 0 Å². The van der Waals surface area contributed by atoms with E-state index in [4.69, 9.17) is 24.5 Å². The molecule has 0 fully saturated rings. The predicted molar refractivity (Wildman–Crippen MR) is 109 cm³/mol. The lowest BCUT2D eigenvalue weighted by molar-refractivity contribution is -0.150. The Morgan fingerprint density at radius 3 is 2.58 bits per heavy atom. The zero-order valence-electron chi connectivity index (χ0n) is 18.0. The lowest BCUT2D eigenvalue weighted by Crippen LogP contribution is -2.23. The highest BCUT2D eigenvalue weighted by atomic mass is 31.2. The number of hydrogen-bond acceptors (Lipinski definition) is 11. The summed E-state index contributed by atoms with van der Waals surface area (Å²) in [5, 5.41) is 0. The van der Waals surface area contributed by atoms with E-state index >= 15 is 0 Å². The molecule has 3 atom stereocenters. The van der Waals surface area contributed by atoms with Crippen LogP contribution in [0, 0.1) is 0 Å². The topological polar surface area (TPSA) is 170 Å². The molecule has 3 N–H and O–H groups in total. The van der Waals surface area contributed by atoms with Crippen LogP contribution in [0.4, 0.5) is 5.95 Å². The van der Waals surface area contributed by atoms with Crippen LogP contribution < -0.4 is 10.5 Å². The van der Waals surface area contributed by atoms with E-state index in [9.17, 15) is 14.3 Å². The summed E-state index contributed by atoms with van der Waals surface area (Å²) in [6.45, 7) is 4.23. The molecule has 2 rings (SSSR count). The molecule has 0 amide bonds. The molecule has 0 aliphatic heterocycles. The summed E-state index contributed by atoms with van der Waals surface area (Å²) < 4.78 is 38.8. The van der Waals surface area contributed by atoms with E-state index in [1.54, 1.807) is 24.7 Å². The van der Waals surface area contributed by atoms with Gasteiger partial charge in [0.05, 0.1) is 32.3 Å². The molecule has 0 bridgehead atoms. The third-order valence-electron chi connectivity index (χ3n) is 4.15. The monoisotopic (exact) mass is 461 g/mol. The Balaban J connectivity index is 1.98. The molecule has 0 radical (unpaired) electrons. The maximum atomic E-state index is 12.0. The lowest BCUT2D eigenvalue weighted by atomic mass is 10.1. The summed E-state index contributed by atoms with van der Waals surface area (Å²) in [5.74, 6) is -0.470. The van der Waals surface area contributed by atoms with E-state index in [1.165, 1.54) is 14.2 Å². The number of carbonyl (C=O) groups is 1. The van der Waals surface area contributed by atoms with Crippen LogP contribution in [0.1, 0.15) is 33.2 Å². The Hall–Kier alpha value is -2.31. The zero-order valence-corrected chi connectivity index (χ0v) is 18.9. The van der Waals surface area contributed by atoms with Crippen molar-refractivity contribution >= 4 is 30.9 Å². The van der Waals surface area contributed by atoms with Gasteiger partial charge in [-0.2, -0.15) is 9.97 Å². The van der Waals surface area contributed by atoms with Crippen molar-refractivity contribution in [1.82, 2.24) is 19.5 Å². The SMILES string of the molecule is COc1nc(N)nc2c1ncn2C(C)CC(COP(=O)(O)OCC(=O)OC(C)C)OC. The normalized spacial score (nSPS) is 15.6. The highest BCUT2D eigenvalue weighted by Gasteiger charge is 2.27. The minimum atomic E-state index is -4.47. The van der Waals surface area contributed by atoms with E-state index in [0.717, 1.165) is 0 Å². The number of phosphoric ester groups is 1. The number of nitrogens with two attached hydrogens (primary N) is 1. The van der Waals surface area contributed by atoms with Crippen LogP contribution in [0.3, 0.4) is 0 Å². The number of phosphoric acid groups is 1. The number of ether oxygens (including phenoxy) is 3. The molecule has 0 saturated heterocycles. The molecule has 2 heterocycles. The highest BCUT2D eigenvalue weighted by molar-refractivity contribution is 7.47. The average molecular weight is 461 g/mol. The molecule has 0 saturated carbocycles. The molecular formula is C17H28N5O8P. The second-order valence-electron chi connectivity index (χ2n) is 6.93. The summed E-state index contributed by atoms with van der Waals surface area (Å²) in [4.78, 5) is 33.7. The summed E-state index contributed by atoms with van der Waals surface area (Å²) in [6.07, 6.45) is 1.01. The summed E-state index contributed by atoms with van der Waals surface area (Å²) in [6, 6.07) is -0.197. The van der Waals surface area contributed by atoms with E-state index < -0.39 is 26.5 Å². The van der Waals surface area contributed by atoms with Crippen LogP contribution in [-0.2, 0) is 27.9 Å². The first-order chi connectivity index (χ1) is 14.6. The number of esters is 1. The average Bonchev–Trinajstić information content (AvgIpc) is 3.12. The minimum absolute atomic E-state index is 0.0410. The molecular weight excluding hydrogens is 433 g/mol. The van der Waals surface area contributed by atoms with Crippen molar-refractivity contribution in [2.45, 2.75) is 45.4 Å². The van der Waals surface area contributed by atoms with E-state index in [2.05, 4.69) is 19.5 Å². The first-order valence-corrected chi connectivity index (χ1v) is 10.9. The van der Waals surface area contributed by atoms with Crippen molar-refractivity contribution < 1.29 is 37.5 Å². The van der Waals surface area contributed by atoms with Crippen molar-refractivity contribution in [2.24, 2.45) is 0 Å². The summed E-state index contributed by atoms with van der Waals surface area (Å²) in [5.41, 5.74) is 6.67. The van der Waals surface area contributed by atoms with Crippen LogP contribution in [0.5, 0.6) is 5.88 Å². The van der Waals surface area contributed by atoms with E-state index in [-0.39, 0.29) is 30.6 Å². The molecule has 0 aliphatic rings. The van der Waals surface area contributed by atoms with Gasteiger partial charge < -0.3 is 29.4 Å². The van der Waals surface area contributed by atoms with E-state index in [0.29, 0.717) is 17.6 Å². The number of imidazole rings is 1. The third kappa shape index (κ3) is 7.11. The van der Waals surface area contributed by atoms with Crippen molar-refractivity contribution in [3.05, 3.63) is 6.33 Å². The Kier molecular flexibility index (Phi) is 8.71. The number of hydrogen-bond donors (Lipinski definition) is 2. The van der Waals surface area contributed by atoms with Crippen LogP contribution in [-0.4, -0.2) is 70.0 Å². The largest absolute Gasteiger partial charge is 0.479 e. The van der Waals surface area contributed by atoms with Crippen molar-refractivity contribution in [3.63, 3.8) is 0 Å². The van der Waals surface area contributed by atoms with E-state index in [1.807, 2.05) is 6.92 Å². The number of nitrogens with zero attached hydrogens (tertiary/aromatic N) is 4.